The van der Waals surface area contributed by atoms with Crippen molar-refractivity contribution >= 4 is 17.3 Å². The van der Waals surface area contributed by atoms with Crippen LogP contribution in [0.2, 0.25) is 0 Å². The molecular weight excluding hydrogens is 405 g/mol. The van der Waals surface area contributed by atoms with Crippen LogP contribution in [0.3, 0.4) is 0 Å². The quantitative estimate of drug-likeness (QED) is 0.449. The number of amides is 1. The zero-order valence-corrected chi connectivity index (χ0v) is 15.0. The van der Waals surface area contributed by atoms with Crippen molar-refractivity contribution in [3.05, 3.63) is 88.1 Å². The van der Waals surface area contributed by atoms with Crippen molar-refractivity contribution in [1.82, 2.24) is 10.4 Å². The molecule has 0 atom stereocenters. The SMILES string of the molecule is O=C(NNc1ccc(C(F)(F)F)cc1[N+](=O)[O-])c1cccnc1Oc1ccccc1. The number of nitrogens with one attached hydrogen (secondary N) is 2. The Morgan fingerprint density at radius 1 is 1.07 bits per heavy atom. The number of halogens is 3. The predicted octanol–water partition coefficient (Wildman–Crippen LogP) is 4.56. The molecular formula is C19H13F3N4O4. The number of benzene rings is 2. The molecule has 11 heteroatoms. The van der Waals surface area contributed by atoms with Crippen molar-refractivity contribution in [3.8, 4) is 11.6 Å². The Morgan fingerprint density at radius 3 is 2.47 bits per heavy atom. The largest absolute Gasteiger partial charge is 0.438 e. The lowest BCUT2D eigenvalue weighted by atomic mass is 10.1. The van der Waals surface area contributed by atoms with Crippen molar-refractivity contribution in [2.75, 3.05) is 5.43 Å². The topological polar surface area (TPSA) is 106 Å². The van der Waals surface area contributed by atoms with E-state index in [1.54, 1.807) is 30.3 Å². The van der Waals surface area contributed by atoms with Gasteiger partial charge in [-0.25, -0.2) is 4.98 Å². The molecule has 30 heavy (non-hydrogen) atoms. The van der Waals surface area contributed by atoms with E-state index in [0.717, 1.165) is 6.07 Å². The molecule has 3 rings (SSSR count). The van der Waals surface area contributed by atoms with Crippen LogP contribution in [0.1, 0.15) is 15.9 Å². The van der Waals surface area contributed by atoms with Crippen LogP contribution >= 0.6 is 0 Å². The van der Waals surface area contributed by atoms with E-state index in [4.69, 9.17) is 4.74 Å². The van der Waals surface area contributed by atoms with Gasteiger partial charge in [0.15, 0.2) is 0 Å². The number of pyridine rings is 1. The predicted molar refractivity (Wildman–Crippen MR) is 99.9 cm³/mol. The number of para-hydroxylation sites is 1. The summed E-state index contributed by atoms with van der Waals surface area (Å²) >= 11 is 0. The van der Waals surface area contributed by atoms with E-state index in [2.05, 4.69) is 15.8 Å². The first-order chi connectivity index (χ1) is 14.3. The fourth-order valence-corrected chi connectivity index (χ4v) is 2.40. The van der Waals surface area contributed by atoms with Crippen molar-refractivity contribution in [1.29, 1.82) is 0 Å². The third-order valence-corrected chi connectivity index (χ3v) is 3.81. The second-order valence-electron chi connectivity index (χ2n) is 5.84. The lowest BCUT2D eigenvalue weighted by Crippen LogP contribution is -2.30. The van der Waals surface area contributed by atoms with Crippen molar-refractivity contribution in [2.24, 2.45) is 0 Å². The van der Waals surface area contributed by atoms with Gasteiger partial charge in [-0.3, -0.25) is 25.8 Å². The number of nitro benzene ring substituents is 1. The van der Waals surface area contributed by atoms with Gasteiger partial charge in [0.05, 0.1) is 10.5 Å². The molecule has 0 aliphatic heterocycles. The number of aromatic nitrogens is 1. The Labute approximate surface area is 167 Å². The van der Waals surface area contributed by atoms with Crippen LogP contribution in [0.15, 0.2) is 66.9 Å². The van der Waals surface area contributed by atoms with Crippen LogP contribution < -0.4 is 15.6 Å². The molecule has 0 radical (unpaired) electrons. The maximum absolute atomic E-state index is 12.8. The van der Waals surface area contributed by atoms with Gasteiger partial charge in [0, 0.05) is 12.3 Å². The molecule has 1 heterocycles. The fourth-order valence-electron chi connectivity index (χ4n) is 2.40. The van der Waals surface area contributed by atoms with Gasteiger partial charge < -0.3 is 4.74 Å². The maximum atomic E-state index is 12.8. The normalized spacial score (nSPS) is 10.9. The average molecular weight is 418 g/mol. The fraction of sp³-hybridized carbons (Fsp3) is 0.0526. The molecule has 0 aliphatic rings. The monoisotopic (exact) mass is 418 g/mol. The number of nitrogens with zero attached hydrogens (tertiary/aromatic N) is 2. The summed E-state index contributed by atoms with van der Waals surface area (Å²) in [7, 11) is 0. The summed E-state index contributed by atoms with van der Waals surface area (Å²) < 4.78 is 43.9. The van der Waals surface area contributed by atoms with E-state index >= 15 is 0 Å². The van der Waals surface area contributed by atoms with E-state index in [9.17, 15) is 28.1 Å². The number of hydrazine groups is 1. The molecule has 2 aromatic carbocycles. The number of carbonyl (C=O) groups excluding carboxylic acids is 1. The van der Waals surface area contributed by atoms with Gasteiger partial charge in [-0.15, -0.1) is 0 Å². The molecule has 0 saturated heterocycles. The lowest BCUT2D eigenvalue weighted by molar-refractivity contribution is -0.384. The van der Waals surface area contributed by atoms with Gasteiger partial charge in [0.1, 0.15) is 17.0 Å². The summed E-state index contributed by atoms with van der Waals surface area (Å²) in [6, 6.07) is 13.3. The molecule has 0 bridgehead atoms. The Kier molecular flexibility index (Phi) is 5.81. The Morgan fingerprint density at radius 2 is 1.80 bits per heavy atom. The minimum absolute atomic E-state index is 0.00316. The molecule has 1 aromatic heterocycles. The Bertz CT molecular complexity index is 1070. The summed E-state index contributed by atoms with van der Waals surface area (Å²) in [6.07, 6.45) is -3.34. The molecule has 3 aromatic rings. The van der Waals surface area contributed by atoms with Crippen LogP contribution in [0.5, 0.6) is 11.6 Å². The standard InChI is InChI=1S/C19H13F3N4O4/c20-19(21,22)12-8-9-15(16(11-12)26(28)29)24-25-17(27)14-7-4-10-23-18(14)30-13-5-2-1-3-6-13/h1-11,24H,(H,25,27). The number of anilines is 1. The smallest absolute Gasteiger partial charge is 0.416 e. The Hall–Kier alpha value is -4.15. The van der Waals surface area contributed by atoms with Crippen molar-refractivity contribution in [2.45, 2.75) is 6.18 Å². The number of hydrogen-bond donors (Lipinski definition) is 2. The van der Waals surface area contributed by atoms with Crippen LogP contribution in [0.4, 0.5) is 24.5 Å². The first kappa shape index (κ1) is 20.6. The molecule has 0 spiro atoms. The van der Waals surface area contributed by atoms with Crippen LogP contribution in [0.25, 0.3) is 0 Å². The number of alkyl halides is 3. The number of ether oxygens (including phenoxy) is 1. The summed E-state index contributed by atoms with van der Waals surface area (Å²) in [5, 5.41) is 11.1. The number of rotatable bonds is 6. The van der Waals surface area contributed by atoms with Crippen LogP contribution in [-0.4, -0.2) is 15.8 Å². The van der Waals surface area contributed by atoms with Crippen LogP contribution in [-0.2, 0) is 6.18 Å². The molecule has 154 valence electrons. The number of carbonyl (C=O) groups is 1. The van der Waals surface area contributed by atoms with Gasteiger partial charge in [-0.05, 0) is 36.4 Å². The highest BCUT2D eigenvalue weighted by Crippen LogP contribution is 2.34. The third-order valence-electron chi connectivity index (χ3n) is 3.81. The van der Waals surface area contributed by atoms with Gasteiger partial charge in [-0.1, -0.05) is 18.2 Å². The van der Waals surface area contributed by atoms with E-state index < -0.39 is 28.3 Å². The van der Waals surface area contributed by atoms with Crippen LogP contribution in [0, 0.1) is 10.1 Å². The number of hydrogen-bond acceptors (Lipinski definition) is 6. The zero-order chi connectivity index (χ0) is 21.7. The highest BCUT2D eigenvalue weighted by Gasteiger charge is 2.33. The minimum Gasteiger partial charge on any atom is -0.438 e. The summed E-state index contributed by atoms with van der Waals surface area (Å²) in [4.78, 5) is 26.6. The third kappa shape index (κ3) is 4.82. The molecule has 1 amide bonds. The van der Waals surface area contributed by atoms with Gasteiger partial charge in [-0.2, -0.15) is 13.2 Å². The van der Waals surface area contributed by atoms with Crippen molar-refractivity contribution in [3.63, 3.8) is 0 Å². The minimum atomic E-state index is -4.74. The highest BCUT2D eigenvalue weighted by molar-refractivity contribution is 5.97. The van der Waals surface area contributed by atoms with Crippen molar-refractivity contribution < 1.29 is 27.6 Å². The van der Waals surface area contributed by atoms with Gasteiger partial charge >= 0.3 is 6.18 Å². The second-order valence-corrected chi connectivity index (χ2v) is 5.84. The zero-order valence-electron chi connectivity index (χ0n) is 15.0. The van der Waals surface area contributed by atoms with E-state index in [-0.39, 0.29) is 17.1 Å². The summed E-state index contributed by atoms with van der Waals surface area (Å²) in [5.74, 6) is -0.357. The van der Waals surface area contributed by atoms with Gasteiger partial charge in [0.2, 0.25) is 5.88 Å². The second kappa shape index (κ2) is 8.47. The molecule has 0 aliphatic carbocycles. The summed E-state index contributed by atoms with van der Waals surface area (Å²) in [5.41, 5.74) is 2.12. The van der Waals surface area contributed by atoms with Gasteiger partial charge in [0.25, 0.3) is 11.6 Å². The molecule has 8 nitrogen and oxygen atoms in total. The molecule has 0 unspecified atom stereocenters. The van der Waals surface area contributed by atoms with E-state index in [0.29, 0.717) is 17.9 Å². The van der Waals surface area contributed by atoms with E-state index in [1.807, 2.05) is 0 Å². The first-order valence-corrected chi connectivity index (χ1v) is 8.35. The van der Waals surface area contributed by atoms with E-state index in [1.165, 1.54) is 18.3 Å². The number of nitro groups is 1. The average Bonchev–Trinajstić information content (AvgIpc) is 2.72. The molecule has 2 N–H and O–H groups in total. The molecule has 0 fully saturated rings. The Balaban J connectivity index is 1.79. The lowest BCUT2D eigenvalue weighted by Gasteiger charge is -2.13. The molecule has 0 saturated carbocycles. The highest BCUT2D eigenvalue weighted by atomic mass is 19.4. The summed E-state index contributed by atoms with van der Waals surface area (Å²) in [6.45, 7) is 0. The maximum Gasteiger partial charge on any atom is 0.416 e. The first-order valence-electron chi connectivity index (χ1n) is 8.35.